The molecule has 0 saturated heterocycles. The molecular formula is C16H15N3O2. The predicted octanol–water partition coefficient (Wildman–Crippen LogP) is 3.51. The van der Waals surface area contributed by atoms with Gasteiger partial charge in [-0.2, -0.15) is 5.26 Å². The monoisotopic (exact) mass is 281 g/mol. The van der Waals surface area contributed by atoms with Crippen molar-refractivity contribution in [3.05, 3.63) is 69.8 Å². The number of rotatable bonds is 5. The highest BCUT2D eigenvalue weighted by atomic mass is 16.6. The standard InChI is InChI=1S/C16H15N3O2/c1-12(9-13-5-3-2-4-6-13)18-15-7-8-16(19(20)21)14(10-15)11-17/h2-8,10,12,18H,9H2,1H3. The highest BCUT2D eigenvalue weighted by molar-refractivity contribution is 5.59. The summed E-state index contributed by atoms with van der Waals surface area (Å²) in [6.45, 7) is 2.03. The van der Waals surface area contributed by atoms with Crippen molar-refractivity contribution >= 4 is 11.4 Å². The number of anilines is 1. The van der Waals surface area contributed by atoms with Crippen LogP contribution in [0.15, 0.2) is 48.5 Å². The fourth-order valence-electron chi connectivity index (χ4n) is 2.18. The quantitative estimate of drug-likeness (QED) is 0.672. The third-order valence-corrected chi connectivity index (χ3v) is 3.11. The summed E-state index contributed by atoms with van der Waals surface area (Å²) in [5.41, 5.74) is 1.82. The molecule has 0 aliphatic rings. The van der Waals surface area contributed by atoms with Crippen LogP contribution in [0.1, 0.15) is 18.1 Å². The van der Waals surface area contributed by atoms with Gasteiger partial charge in [0.15, 0.2) is 0 Å². The maximum absolute atomic E-state index is 10.8. The van der Waals surface area contributed by atoms with E-state index in [9.17, 15) is 10.1 Å². The van der Waals surface area contributed by atoms with Crippen molar-refractivity contribution in [3.63, 3.8) is 0 Å². The number of nitro groups is 1. The van der Waals surface area contributed by atoms with E-state index in [2.05, 4.69) is 17.4 Å². The van der Waals surface area contributed by atoms with Crippen LogP contribution in [-0.2, 0) is 6.42 Å². The molecule has 0 aliphatic carbocycles. The number of hydrogen-bond donors (Lipinski definition) is 1. The molecule has 0 aromatic heterocycles. The molecule has 2 rings (SSSR count). The van der Waals surface area contributed by atoms with Crippen molar-refractivity contribution in [2.75, 3.05) is 5.32 Å². The molecule has 1 unspecified atom stereocenters. The van der Waals surface area contributed by atoms with Crippen LogP contribution in [0, 0.1) is 21.4 Å². The number of nitriles is 1. The Labute approximate surface area is 123 Å². The van der Waals surface area contributed by atoms with E-state index in [0.29, 0.717) is 5.69 Å². The molecule has 5 heteroatoms. The molecule has 1 N–H and O–H groups in total. The smallest absolute Gasteiger partial charge is 0.287 e. The van der Waals surface area contributed by atoms with E-state index >= 15 is 0 Å². The van der Waals surface area contributed by atoms with Crippen LogP contribution in [-0.4, -0.2) is 11.0 Å². The van der Waals surface area contributed by atoms with E-state index in [0.717, 1.165) is 6.42 Å². The van der Waals surface area contributed by atoms with E-state index in [4.69, 9.17) is 5.26 Å². The molecule has 0 radical (unpaired) electrons. The normalized spacial score (nSPS) is 11.4. The van der Waals surface area contributed by atoms with E-state index < -0.39 is 4.92 Å². The Balaban J connectivity index is 2.09. The zero-order chi connectivity index (χ0) is 15.2. The van der Waals surface area contributed by atoms with E-state index in [1.54, 1.807) is 6.07 Å². The van der Waals surface area contributed by atoms with Crippen molar-refractivity contribution in [2.24, 2.45) is 0 Å². The topological polar surface area (TPSA) is 79.0 Å². The minimum Gasteiger partial charge on any atom is -0.382 e. The van der Waals surface area contributed by atoms with Crippen LogP contribution in [0.2, 0.25) is 0 Å². The van der Waals surface area contributed by atoms with Gasteiger partial charge in [0.2, 0.25) is 0 Å². The molecule has 0 heterocycles. The Hall–Kier alpha value is -2.87. The first-order valence-electron chi connectivity index (χ1n) is 6.59. The fraction of sp³-hybridized carbons (Fsp3) is 0.188. The summed E-state index contributed by atoms with van der Waals surface area (Å²) in [4.78, 5) is 10.2. The summed E-state index contributed by atoms with van der Waals surface area (Å²) < 4.78 is 0. The van der Waals surface area contributed by atoms with Gasteiger partial charge in [0.25, 0.3) is 5.69 Å². The van der Waals surface area contributed by atoms with Gasteiger partial charge in [0.05, 0.1) is 4.92 Å². The molecule has 0 saturated carbocycles. The van der Waals surface area contributed by atoms with Crippen LogP contribution in [0.3, 0.4) is 0 Å². The lowest BCUT2D eigenvalue weighted by Crippen LogP contribution is -2.18. The SMILES string of the molecule is CC(Cc1ccccc1)Nc1ccc([N+](=O)[O-])c(C#N)c1. The van der Waals surface area contributed by atoms with Crippen molar-refractivity contribution in [1.82, 2.24) is 0 Å². The van der Waals surface area contributed by atoms with Crippen molar-refractivity contribution in [1.29, 1.82) is 5.26 Å². The Morgan fingerprint density at radius 2 is 2.00 bits per heavy atom. The number of nitrogens with zero attached hydrogens (tertiary/aromatic N) is 2. The van der Waals surface area contributed by atoms with Gasteiger partial charge in [-0.15, -0.1) is 0 Å². The Bertz CT molecular complexity index is 678. The molecule has 21 heavy (non-hydrogen) atoms. The molecule has 5 nitrogen and oxygen atoms in total. The average Bonchev–Trinajstić information content (AvgIpc) is 2.47. The van der Waals surface area contributed by atoms with Crippen molar-refractivity contribution in [3.8, 4) is 6.07 Å². The minimum atomic E-state index is -0.546. The molecule has 2 aromatic rings. The molecular weight excluding hydrogens is 266 g/mol. The van der Waals surface area contributed by atoms with E-state index in [1.165, 1.54) is 17.7 Å². The van der Waals surface area contributed by atoms with Gasteiger partial charge in [0, 0.05) is 17.8 Å². The van der Waals surface area contributed by atoms with Gasteiger partial charge in [-0.05, 0) is 31.0 Å². The molecule has 0 aliphatic heterocycles. The number of nitro benzene ring substituents is 1. The number of hydrogen-bond acceptors (Lipinski definition) is 4. The lowest BCUT2D eigenvalue weighted by molar-refractivity contribution is -0.385. The van der Waals surface area contributed by atoms with Crippen molar-refractivity contribution < 1.29 is 4.92 Å². The summed E-state index contributed by atoms with van der Waals surface area (Å²) in [6.07, 6.45) is 0.833. The first kappa shape index (κ1) is 14.5. The summed E-state index contributed by atoms with van der Waals surface area (Å²) in [5, 5.41) is 23.0. The Morgan fingerprint density at radius 3 is 2.62 bits per heavy atom. The molecule has 0 amide bonds. The summed E-state index contributed by atoms with van der Waals surface area (Å²) >= 11 is 0. The summed E-state index contributed by atoms with van der Waals surface area (Å²) in [5.74, 6) is 0. The molecule has 106 valence electrons. The second kappa shape index (κ2) is 6.53. The minimum absolute atomic E-state index is 0.0666. The summed E-state index contributed by atoms with van der Waals surface area (Å²) in [6, 6.07) is 16.6. The molecule has 1 atom stereocenters. The van der Waals surface area contributed by atoms with Crippen LogP contribution in [0.5, 0.6) is 0 Å². The Kier molecular flexibility index (Phi) is 4.52. The van der Waals surface area contributed by atoms with Gasteiger partial charge in [-0.25, -0.2) is 0 Å². The predicted molar refractivity (Wildman–Crippen MR) is 81.0 cm³/mol. The van der Waals surface area contributed by atoms with E-state index in [-0.39, 0.29) is 17.3 Å². The second-order valence-corrected chi connectivity index (χ2v) is 4.84. The fourth-order valence-corrected chi connectivity index (χ4v) is 2.18. The largest absolute Gasteiger partial charge is 0.382 e. The third-order valence-electron chi connectivity index (χ3n) is 3.11. The molecule has 0 spiro atoms. The maximum atomic E-state index is 10.8. The number of nitrogens with one attached hydrogen (secondary N) is 1. The zero-order valence-electron chi connectivity index (χ0n) is 11.6. The van der Waals surface area contributed by atoms with Crippen molar-refractivity contribution in [2.45, 2.75) is 19.4 Å². The lowest BCUT2D eigenvalue weighted by Gasteiger charge is -2.15. The third kappa shape index (κ3) is 3.80. The zero-order valence-corrected chi connectivity index (χ0v) is 11.6. The lowest BCUT2D eigenvalue weighted by atomic mass is 10.1. The van der Waals surface area contributed by atoms with Gasteiger partial charge in [0.1, 0.15) is 11.6 Å². The van der Waals surface area contributed by atoms with Gasteiger partial charge in [-0.1, -0.05) is 30.3 Å². The second-order valence-electron chi connectivity index (χ2n) is 4.84. The van der Waals surface area contributed by atoms with E-state index in [1.807, 2.05) is 31.2 Å². The van der Waals surface area contributed by atoms with Crippen LogP contribution in [0.25, 0.3) is 0 Å². The molecule has 2 aromatic carbocycles. The molecule has 0 fully saturated rings. The van der Waals surface area contributed by atoms with Gasteiger partial charge >= 0.3 is 0 Å². The molecule has 0 bridgehead atoms. The van der Waals surface area contributed by atoms with Gasteiger partial charge in [-0.3, -0.25) is 10.1 Å². The number of benzene rings is 2. The Morgan fingerprint density at radius 1 is 1.29 bits per heavy atom. The maximum Gasteiger partial charge on any atom is 0.287 e. The highest BCUT2D eigenvalue weighted by Gasteiger charge is 2.14. The first-order valence-corrected chi connectivity index (χ1v) is 6.59. The van der Waals surface area contributed by atoms with Crippen LogP contribution in [0.4, 0.5) is 11.4 Å². The summed E-state index contributed by atoms with van der Waals surface area (Å²) in [7, 11) is 0. The first-order chi connectivity index (χ1) is 10.1. The highest BCUT2D eigenvalue weighted by Crippen LogP contribution is 2.22. The van der Waals surface area contributed by atoms with Crippen LogP contribution >= 0.6 is 0 Å². The van der Waals surface area contributed by atoms with Gasteiger partial charge < -0.3 is 5.32 Å². The average molecular weight is 281 g/mol. The van der Waals surface area contributed by atoms with Crippen LogP contribution < -0.4 is 5.32 Å².